The summed E-state index contributed by atoms with van der Waals surface area (Å²) in [5.74, 6) is 1.81. The van der Waals surface area contributed by atoms with Crippen LogP contribution in [0.4, 0.5) is 0 Å². The van der Waals surface area contributed by atoms with E-state index < -0.39 is 0 Å². The van der Waals surface area contributed by atoms with Crippen molar-refractivity contribution >= 4 is 17.3 Å². The summed E-state index contributed by atoms with van der Waals surface area (Å²) in [7, 11) is 1.80. The van der Waals surface area contributed by atoms with Crippen LogP contribution in [0.1, 0.15) is 29.7 Å². The van der Waals surface area contributed by atoms with Gasteiger partial charge in [0.15, 0.2) is 5.96 Å². The molecule has 0 radical (unpaired) electrons. The van der Waals surface area contributed by atoms with Crippen molar-refractivity contribution < 1.29 is 4.74 Å². The van der Waals surface area contributed by atoms with Crippen LogP contribution in [-0.4, -0.2) is 25.7 Å². The van der Waals surface area contributed by atoms with Gasteiger partial charge in [-0.25, -0.2) is 0 Å². The Balaban J connectivity index is 1.48. The molecule has 0 unspecified atom stereocenters. The molecule has 3 rings (SSSR count). The number of hydrogen-bond donors (Lipinski definition) is 2. The van der Waals surface area contributed by atoms with Gasteiger partial charge in [0.05, 0.1) is 6.10 Å². The Morgan fingerprint density at radius 3 is 2.79 bits per heavy atom. The summed E-state index contributed by atoms with van der Waals surface area (Å²) < 4.78 is 6.08. The molecule has 4 nitrogen and oxygen atoms in total. The number of hydrogen-bond acceptors (Lipinski definition) is 3. The molecule has 1 fully saturated rings. The molecule has 0 spiro atoms. The molecule has 0 bridgehead atoms. The van der Waals surface area contributed by atoms with Gasteiger partial charge in [-0.1, -0.05) is 24.3 Å². The molecule has 0 atom stereocenters. The number of guanidine groups is 1. The van der Waals surface area contributed by atoms with Crippen LogP contribution in [0.15, 0.2) is 46.8 Å². The zero-order valence-corrected chi connectivity index (χ0v) is 14.9. The van der Waals surface area contributed by atoms with Crippen LogP contribution in [0.25, 0.3) is 0 Å². The Morgan fingerprint density at radius 1 is 1.21 bits per heavy atom. The van der Waals surface area contributed by atoms with Crippen LogP contribution in [0, 0.1) is 0 Å². The van der Waals surface area contributed by atoms with E-state index in [1.165, 1.54) is 29.7 Å². The standard InChI is InChI=1S/C19H25N3OS/c1-20-19(21-12-11-17-9-5-13-24-17)22-14-15-6-2-3-10-18(15)23-16-7-4-8-16/h2-3,5-6,9-10,13,16H,4,7-8,11-12,14H2,1H3,(H2,20,21,22). The van der Waals surface area contributed by atoms with Gasteiger partial charge in [-0.3, -0.25) is 4.99 Å². The van der Waals surface area contributed by atoms with E-state index in [0.717, 1.165) is 24.7 Å². The summed E-state index contributed by atoms with van der Waals surface area (Å²) in [5, 5.41) is 8.86. The monoisotopic (exact) mass is 343 g/mol. The number of para-hydroxylation sites is 1. The first-order chi connectivity index (χ1) is 11.8. The molecule has 5 heteroatoms. The molecule has 0 saturated heterocycles. The van der Waals surface area contributed by atoms with E-state index in [1.54, 1.807) is 18.4 Å². The van der Waals surface area contributed by atoms with E-state index in [9.17, 15) is 0 Å². The van der Waals surface area contributed by atoms with Crippen molar-refractivity contribution in [3.63, 3.8) is 0 Å². The number of benzene rings is 1. The normalized spacial score (nSPS) is 15.0. The minimum atomic E-state index is 0.398. The molecule has 1 aromatic heterocycles. The smallest absolute Gasteiger partial charge is 0.191 e. The summed E-state index contributed by atoms with van der Waals surface area (Å²) in [4.78, 5) is 5.68. The predicted molar refractivity (Wildman–Crippen MR) is 101 cm³/mol. The highest BCUT2D eigenvalue weighted by molar-refractivity contribution is 7.09. The first-order valence-electron chi connectivity index (χ1n) is 8.56. The third-order valence-electron chi connectivity index (χ3n) is 4.23. The van der Waals surface area contributed by atoms with Gasteiger partial charge in [0.2, 0.25) is 0 Å². The average molecular weight is 343 g/mol. The van der Waals surface area contributed by atoms with Gasteiger partial charge in [-0.2, -0.15) is 0 Å². The van der Waals surface area contributed by atoms with E-state index in [-0.39, 0.29) is 0 Å². The Labute approximate surface area is 148 Å². The molecule has 1 saturated carbocycles. The molecule has 0 amide bonds. The minimum absolute atomic E-state index is 0.398. The average Bonchev–Trinajstić information content (AvgIpc) is 3.08. The Bertz CT molecular complexity index is 650. The van der Waals surface area contributed by atoms with E-state index in [4.69, 9.17) is 4.74 Å². The second kappa shape index (κ2) is 8.73. The van der Waals surface area contributed by atoms with Crippen LogP contribution in [0.3, 0.4) is 0 Å². The third-order valence-corrected chi connectivity index (χ3v) is 5.17. The molecular formula is C19H25N3OS. The largest absolute Gasteiger partial charge is 0.490 e. The highest BCUT2D eigenvalue weighted by Crippen LogP contribution is 2.27. The van der Waals surface area contributed by atoms with Crippen molar-refractivity contribution in [2.24, 2.45) is 4.99 Å². The highest BCUT2D eigenvalue weighted by atomic mass is 32.1. The van der Waals surface area contributed by atoms with Gasteiger partial charge in [0, 0.05) is 30.6 Å². The lowest BCUT2D eigenvalue weighted by Crippen LogP contribution is -2.38. The zero-order valence-electron chi connectivity index (χ0n) is 14.1. The molecule has 128 valence electrons. The predicted octanol–water partition coefficient (Wildman–Crippen LogP) is 3.59. The van der Waals surface area contributed by atoms with Crippen LogP contribution in [0.5, 0.6) is 5.75 Å². The Kier molecular flexibility index (Phi) is 6.13. The van der Waals surface area contributed by atoms with Crippen LogP contribution < -0.4 is 15.4 Å². The maximum Gasteiger partial charge on any atom is 0.191 e. The van der Waals surface area contributed by atoms with Crippen molar-refractivity contribution in [3.8, 4) is 5.75 Å². The fraction of sp³-hybridized carbons (Fsp3) is 0.421. The second-order valence-corrected chi connectivity index (χ2v) is 6.99. The van der Waals surface area contributed by atoms with Gasteiger partial charge >= 0.3 is 0 Å². The summed E-state index contributed by atoms with van der Waals surface area (Å²) in [6.07, 6.45) is 5.04. The summed E-state index contributed by atoms with van der Waals surface area (Å²) >= 11 is 1.79. The topological polar surface area (TPSA) is 45.7 Å². The van der Waals surface area contributed by atoms with Crippen molar-refractivity contribution in [3.05, 3.63) is 52.2 Å². The summed E-state index contributed by atoms with van der Waals surface area (Å²) in [6, 6.07) is 12.5. The number of thiophene rings is 1. The molecule has 1 aromatic carbocycles. The number of rotatable bonds is 7. The Morgan fingerprint density at radius 2 is 2.08 bits per heavy atom. The third kappa shape index (κ3) is 4.74. The molecule has 0 aliphatic heterocycles. The van der Waals surface area contributed by atoms with Crippen molar-refractivity contribution in [2.45, 2.75) is 38.3 Å². The maximum absolute atomic E-state index is 6.08. The van der Waals surface area contributed by atoms with Crippen molar-refractivity contribution in [1.82, 2.24) is 10.6 Å². The van der Waals surface area contributed by atoms with Gasteiger partial charge in [0.25, 0.3) is 0 Å². The first kappa shape index (κ1) is 16.8. The fourth-order valence-electron chi connectivity index (χ4n) is 2.59. The minimum Gasteiger partial charge on any atom is -0.490 e. The molecule has 24 heavy (non-hydrogen) atoms. The lowest BCUT2D eigenvalue weighted by Gasteiger charge is -2.27. The number of aliphatic imine (C=N–C) groups is 1. The fourth-order valence-corrected chi connectivity index (χ4v) is 3.30. The lowest BCUT2D eigenvalue weighted by molar-refractivity contribution is 0.119. The van der Waals surface area contributed by atoms with Crippen molar-refractivity contribution in [1.29, 1.82) is 0 Å². The number of nitrogens with zero attached hydrogens (tertiary/aromatic N) is 1. The quantitative estimate of drug-likeness (QED) is 0.596. The molecule has 1 aliphatic carbocycles. The number of ether oxygens (including phenoxy) is 1. The van der Waals surface area contributed by atoms with Gasteiger partial charge < -0.3 is 15.4 Å². The van der Waals surface area contributed by atoms with Gasteiger partial charge in [0.1, 0.15) is 5.75 Å². The lowest BCUT2D eigenvalue weighted by atomic mass is 9.96. The van der Waals surface area contributed by atoms with E-state index in [2.05, 4.69) is 51.3 Å². The van der Waals surface area contributed by atoms with Gasteiger partial charge in [-0.15, -0.1) is 11.3 Å². The van der Waals surface area contributed by atoms with E-state index >= 15 is 0 Å². The molecule has 2 aromatic rings. The van der Waals surface area contributed by atoms with Crippen LogP contribution >= 0.6 is 11.3 Å². The SMILES string of the molecule is CN=C(NCCc1cccs1)NCc1ccccc1OC1CCC1. The number of nitrogens with one attached hydrogen (secondary N) is 2. The van der Waals surface area contributed by atoms with Crippen molar-refractivity contribution in [2.75, 3.05) is 13.6 Å². The highest BCUT2D eigenvalue weighted by Gasteiger charge is 2.20. The summed E-state index contributed by atoms with van der Waals surface area (Å²) in [5.41, 5.74) is 1.17. The first-order valence-corrected chi connectivity index (χ1v) is 9.44. The second-order valence-electron chi connectivity index (χ2n) is 5.96. The van der Waals surface area contributed by atoms with E-state index in [1.807, 2.05) is 6.07 Å². The maximum atomic E-state index is 6.08. The molecular weight excluding hydrogens is 318 g/mol. The molecule has 1 heterocycles. The van der Waals surface area contributed by atoms with Crippen LogP contribution in [0.2, 0.25) is 0 Å². The van der Waals surface area contributed by atoms with Crippen LogP contribution in [-0.2, 0) is 13.0 Å². The molecule has 1 aliphatic rings. The van der Waals surface area contributed by atoms with E-state index in [0.29, 0.717) is 12.6 Å². The molecule has 2 N–H and O–H groups in total. The Hall–Kier alpha value is -2.01. The zero-order chi connectivity index (χ0) is 16.6. The van der Waals surface area contributed by atoms with Gasteiger partial charge in [-0.05, 0) is 43.2 Å². The summed E-state index contributed by atoms with van der Waals surface area (Å²) in [6.45, 7) is 1.59.